The fraction of sp³-hybridized carbons (Fsp3) is 0.471. The van der Waals surface area contributed by atoms with E-state index in [4.69, 9.17) is 0 Å². The van der Waals surface area contributed by atoms with Gasteiger partial charge >= 0.3 is 0 Å². The zero-order valence-corrected chi connectivity index (χ0v) is 10.5. The Balaban J connectivity index is 1.73. The quantitative estimate of drug-likeness (QED) is 0.680. The van der Waals surface area contributed by atoms with Crippen molar-refractivity contribution in [3.63, 3.8) is 0 Å². The molecule has 2 aliphatic carbocycles. The van der Waals surface area contributed by atoms with Gasteiger partial charge in [-0.05, 0) is 43.2 Å². The Morgan fingerprint density at radius 3 is 2.67 bits per heavy atom. The largest absolute Gasteiger partial charge is 0.198 e. The standard InChI is InChI=1S/C17H17N/c18-13-17(12-15-8-9-16(17)11-15)10-4-7-14-5-2-1-3-6-14/h1-3,5-6,15-16H,8-12H2. The van der Waals surface area contributed by atoms with Gasteiger partial charge in [0, 0.05) is 12.0 Å². The summed E-state index contributed by atoms with van der Waals surface area (Å²) >= 11 is 0. The predicted octanol–water partition coefficient (Wildman–Crippen LogP) is 3.76. The Morgan fingerprint density at radius 1 is 1.22 bits per heavy atom. The maximum absolute atomic E-state index is 9.52. The average molecular weight is 235 g/mol. The summed E-state index contributed by atoms with van der Waals surface area (Å²) in [5.74, 6) is 7.84. The van der Waals surface area contributed by atoms with Crippen molar-refractivity contribution in [1.29, 1.82) is 5.26 Å². The van der Waals surface area contributed by atoms with Crippen LogP contribution in [0.4, 0.5) is 0 Å². The number of hydrogen-bond acceptors (Lipinski definition) is 1. The van der Waals surface area contributed by atoms with E-state index in [1.807, 2.05) is 30.3 Å². The summed E-state index contributed by atoms with van der Waals surface area (Å²) in [5.41, 5.74) is 0.916. The Labute approximate surface area is 109 Å². The van der Waals surface area contributed by atoms with E-state index in [2.05, 4.69) is 17.9 Å². The Kier molecular flexibility index (Phi) is 2.85. The molecule has 3 rings (SSSR count). The molecule has 90 valence electrons. The monoisotopic (exact) mass is 235 g/mol. The van der Waals surface area contributed by atoms with E-state index < -0.39 is 0 Å². The highest BCUT2D eigenvalue weighted by atomic mass is 14.5. The van der Waals surface area contributed by atoms with Gasteiger partial charge in [-0.2, -0.15) is 5.26 Å². The summed E-state index contributed by atoms with van der Waals surface area (Å²) in [6, 6.07) is 12.6. The first kappa shape index (κ1) is 11.4. The molecule has 0 saturated heterocycles. The van der Waals surface area contributed by atoms with Gasteiger partial charge in [-0.3, -0.25) is 0 Å². The summed E-state index contributed by atoms with van der Waals surface area (Å²) in [6.45, 7) is 0. The molecule has 1 aromatic carbocycles. The second-order valence-corrected chi connectivity index (χ2v) is 5.69. The van der Waals surface area contributed by atoms with Crippen molar-refractivity contribution in [3.8, 4) is 17.9 Å². The highest BCUT2D eigenvalue weighted by molar-refractivity contribution is 5.34. The molecular formula is C17H17N. The van der Waals surface area contributed by atoms with Crippen LogP contribution in [0.1, 0.15) is 37.7 Å². The molecule has 1 nitrogen and oxygen atoms in total. The molecule has 0 N–H and O–H groups in total. The fourth-order valence-corrected chi connectivity index (χ4v) is 3.66. The molecule has 0 amide bonds. The lowest BCUT2D eigenvalue weighted by Crippen LogP contribution is -2.25. The smallest absolute Gasteiger partial charge is 0.0714 e. The minimum Gasteiger partial charge on any atom is -0.198 e. The molecule has 2 fully saturated rings. The van der Waals surface area contributed by atoms with Gasteiger partial charge in [-0.25, -0.2) is 0 Å². The molecule has 3 unspecified atom stereocenters. The van der Waals surface area contributed by atoms with Gasteiger partial charge in [-0.15, -0.1) is 0 Å². The van der Waals surface area contributed by atoms with E-state index in [0.29, 0.717) is 5.92 Å². The number of rotatable bonds is 1. The maximum Gasteiger partial charge on any atom is 0.0714 e. The van der Waals surface area contributed by atoms with Crippen LogP contribution in [-0.4, -0.2) is 0 Å². The molecule has 0 heterocycles. The normalized spacial score (nSPS) is 32.6. The Bertz CT molecular complexity index is 528. The van der Waals surface area contributed by atoms with Crippen LogP contribution in [0.3, 0.4) is 0 Å². The molecule has 0 aliphatic heterocycles. The lowest BCUT2D eigenvalue weighted by Gasteiger charge is -2.28. The number of fused-ring (bicyclic) bond motifs is 2. The van der Waals surface area contributed by atoms with Crippen LogP contribution >= 0.6 is 0 Å². The van der Waals surface area contributed by atoms with Gasteiger partial charge in [0.05, 0.1) is 11.5 Å². The maximum atomic E-state index is 9.52. The van der Waals surface area contributed by atoms with E-state index in [1.165, 1.54) is 19.3 Å². The molecule has 0 spiro atoms. The van der Waals surface area contributed by atoms with Gasteiger partial charge in [0.25, 0.3) is 0 Å². The zero-order chi connectivity index (χ0) is 12.4. The highest BCUT2D eigenvalue weighted by Crippen LogP contribution is 2.57. The van der Waals surface area contributed by atoms with E-state index in [1.54, 1.807) is 0 Å². The summed E-state index contributed by atoms with van der Waals surface area (Å²) in [6.07, 6.45) is 5.67. The Morgan fingerprint density at radius 2 is 2.06 bits per heavy atom. The molecule has 2 saturated carbocycles. The van der Waals surface area contributed by atoms with E-state index in [-0.39, 0.29) is 5.41 Å². The third kappa shape index (κ3) is 1.91. The van der Waals surface area contributed by atoms with E-state index in [0.717, 1.165) is 24.3 Å². The average Bonchev–Trinajstić information content (AvgIpc) is 3.01. The first-order valence-electron chi connectivity index (χ1n) is 6.77. The summed E-state index contributed by atoms with van der Waals surface area (Å²) < 4.78 is 0. The zero-order valence-electron chi connectivity index (χ0n) is 10.5. The fourth-order valence-electron chi connectivity index (χ4n) is 3.66. The molecular weight excluding hydrogens is 218 g/mol. The minimum atomic E-state index is -0.134. The van der Waals surface area contributed by atoms with E-state index in [9.17, 15) is 5.26 Å². The van der Waals surface area contributed by atoms with Crippen LogP contribution in [0.5, 0.6) is 0 Å². The highest BCUT2D eigenvalue weighted by Gasteiger charge is 2.50. The second-order valence-electron chi connectivity index (χ2n) is 5.69. The van der Waals surface area contributed by atoms with Gasteiger partial charge in [0.15, 0.2) is 0 Å². The van der Waals surface area contributed by atoms with Crippen molar-refractivity contribution in [2.24, 2.45) is 17.3 Å². The lowest BCUT2D eigenvalue weighted by atomic mass is 9.72. The molecule has 2 bridgehead atoms. The first-order chi connectivity index (χ1) is 8.82. The molecule has 0 aromatic heterocycles. The third-order valence-electron chi connectivity index (χ3n) is 4.61. The molecule has 1 heteroatoms. The molecule has 1 aromatic rings. The number of nitrogens with zero attached hydrogens (tertiary/aromatic N) is 1. The van der Waals surface area contributed by atoms with E-state index >= 15 is 0 Å². The van der Waals surface area contributed by atoms with Crippen LogP contribution < -0.4 is 0 Å². The van der Waals surface area contributed by atoms with Gasteiger partial charge in [0.2, 0.25) is 0 Å². The number of nitriles is 1. The summed E-state index contributed by atoms with van der Waals surface area (Å²) in [7, 11) is 0. The second kappa shape index (κ2) is 4.51. The molecule has 3 atom stereocenters. The van der Waals surface area contributed by atoms with Gasteiger partial charge in [-0.1, -0.05) is 36.5 Å². The number of hydrogen-bond donors (Lipinski definition) is 0. The van der Waals surface area contributed by atoms with Crippen LogP contribution in [0.25, 0.3) is 0 Å². The van der Waals surface area contributed by atoms with Crippen molar-refractivity contribution in [2.45, 2.75) is 32.1 Å². The Hall–Kier alpha value is -1.73. The van der Waals surface area contributed by atoms with Crippen LogP contribution in [0.15, 0.2) is 30.3 Å². The topological polar surface area (TPSA) is 23.8 Å². The van der Waals surface area contributed by atoms with Gasteiger partial charge < -0.3 is 0 Å². The van der Waals surface area contributed by atoms with Crippen molar-refractivity contribution in [1.82, 2.24) is 0 Å². The minimum absolute atomic E-state index is 0.134. The molecule has 2 aliphatic rings. The first-order valence-corrected chi connectivity index (χ1v) is 6.77. The van der Waals surface area contributed by atoms with Crippen LogP contribution in [0.2, 0.25) is 0 Å². The van der Waals surface area contributed by atoms with Gasteiger partial charge in [0.1, 0.15) is 0 Å². The van der Waals surface area contributed by atoms with Crippen molar-refractivity contribution in [2.75, 3.05) is 0 Å². The lowest BCUT2D eigenvalue weighted by molar-refractivity contribution is 0.247. The number of benzene rings is 1. The van der Waals surface area contributed by atoms with Crippen molar-refractivity contribution >= 4 is 0 Å². The van der Waals surface area contributed by atoms with Crippen molar-refractivity contribution in [3.05, 3.63) is 35.9 Å². The van der Waals surface area contributed by atoms with Crippen LogP contribution in [0, 0.1) is 40.4 Å². The van der Waals surface area contributed by atoms with Crippen molar-refractivity contribution < 1.29 is 0 Å². The summed E-state index contributed by atoms with van der Waals surface area (Å²) in [4.78, 5) is 0. The SMILES string of the molecule is N#CC1(CC#Cc2ccccc2)CC2CCC1C2. The molecule has 18 heavy (non-hydrogen) atoms. The third-order valence-corrected chi connectivity index (χ3v) is 4.61. The summed E-state index contributed by atoms with van der Waals surface area (Å²) in [5, 5.41) is 9.52. The predicted molar refractivity (Wildman–Crippen MR) is 71.4 cm³/mol. The molecule has 0 radical (unpaired) electrons. The van der Waals surface area contributed by atoms with Crippen LogP contribution in [-0.2, 0) is 0 Å².